The number of hydrogen-bond donors (Lipinski definition) is 0. The van der Waals surface area contributed by atoms with Gasteiger partial charge in [-0.2, -0.15) is 15.0 Å². The summed E-state index contributed by atoms with van der Waals surface area (Å²) >= 11 is 11.2. The fourth-order valence-corrected chi connectivity index (χ4v) is 1.14. The molecule has 0 amide bonds. The summed E-state index contributed by atoms with van der Waals surface area (Å²) < 4.78 is 0. The van der Waals surface area contributed by atoms with Gasteiger partial charge in [-0.1, -0.05) is 0 Å². The molecule has 0 saturated heterocycles. The Bertz CT molecular complexity index is 427. The highest BCUT2D eigenvalue weighted by atomic mass is 35.5. The van der Waals surface area contributed by atoms with Crippen molar-refractivity contribution in [3.63, 3.8) is 0 Å². The van der Waals surface area contributed by atoms with E-state index in [-0.39, 0.29) is 16.4 Å². The lowest BCUT2D eigenvalue weighted by molar-refractivity contribution is 0.986. The molecule has 2 heterocycles. The predicted molar refractivity (Wildman–Crippen MR) is 48.7 cm³/mol. The third kappa shape index (κ3) is 1.91. The monoisotopic (exact) mass is 228 g/mol. The van der Waals surface area contributed by atoms with E-state index in [1.54, 1.807) is 0 Å². The van der Waals surface area contributed by atoms with Crippen molar-refractivity contribution in [1.82, 2.24) is 29.9 Å². The summed E-state index contributed by atoms with van der Waals surface area (Å²) in [6.07, 6.45) is 2.65. The van der Waals surface area contributed by atoms with Gasteiger partial charge >= 0.3 is 0 Å². The molecule has 14 heavy (non-hydrogen) atoms. The van der Waals surface area contributed by atoms with Crippen LogP contribution in [0.25, 0.3) is 11.6 Å². The molecule has 0 aliphatic rings. The van der Waals surface area contributed by atoms with E-state index in [2.05, 4.69) is 29.9 Å². The molecule has 2 aromatic heterocycles. The zero-order valence-corrected chi connectivity index (χ0v) is 8.11. The molecule has 0 aliphatic carbocycles. The van der Waals surface area contributed by atoms with E-state index in [1.807, 2.05) is 0 Å². The molecule has 0 atom stereocenters. The minimum Gasteiger partial charge on any atom is -0.225 e. The van der Waals surface area contributed by atoms with Crippen molar-refractivity contribution in [1.29, 1.82) is 0 Å². The van der Waals surface area contributed by atoms with Gasteiger partial charge in [0.1, 0.15) is 12.7 Å². The van der Waals surface area contributed by atoms with Gasteiger partial charge in [0.15, 0.2) is 0 Å². The first-order valence-electron chi connectivity index (χ1n) is 3.45. The average molecular weight is 229 g/mol. The minimum absolute atomic E-state index is 0.000382. The van der Waals surface area contributed by atoms with Crippen LogP contribution in [0.4, 0.5) is 0 Å². The smallest absolute Gasteiger partial charge is 0.225 e. The van der Waals surface area contributed by atoms with Crippen LogP contribution in [0.5, 0.6) is 0 Å². The highest BCUT2D eigenvalue weighted by Gasteiger charge is 2.07. The summed E-state index contributed by atoms with van der Waals surface area (Å²) in [7, 11) is 0. The maximum atomic E-state index is 5.58. The van der Waals surface area contributed by atoms with Gasteiger partial charge < -0.3 is 0 Å². The van der Waals surface area contributed by atoms with Crippen LogP contribution in [0.1, 0.15) is 0 Å². The fourth-order valence-electron chi connectivity index (χ4n) is 0.781. The van der Waals surface area contributed by atoms with Gasteiger partial charge in [0, 0.05) is 0 Å². The SMILES string of the molecule is Clc1nc(Cl)nc(-c2ncncn2)n1. The van der Waals surface area contributed by atoms with E-state index in [4.69, 9.17) is 23.2 Å². The maximum Gasteiger partial charge on any atom is 0.227 e. The van der Waals surface area contributed by atoms with Crippen molar-refractivity contribution in [2.45, 2.75) is 0 Å². The summed E-state index contributed by atoms with van der Waals surface area (Å²) in [6, 6.07) is 0. The van der Waals surface area contributed by atoms with E-state index in [0.29, 0.717) is 5.82 Å². The largest absolute Gasteiger partial charge is 0.227 e. The second kappa shape index (κ2) is 3.77. The van der Waals surface area contributed by atoms with E-state index in [9.17, 15) is 0 Å². The summed E-state index contributed by atoms with van der Waals surface area (Å²) in [5.74, 6) is 0.517. The minimum atomic E-state index is 0.000382. The van der Waals surface area contributed by atoms with Crippen molar-refractivity contribution < 1.29 is 0 Å². The summed E-state index contributed by atoms with van der Waals surface area (Å²) in [5, 5.41) is 0.000763. The molecule has 0 aliphatic heterocycles. The molecular weight excluding hydrogens is 227 g/mol. The zero-order valence-electron chi connectivity index (χ0n) is 6.59. The van der Waals surface area contributed by atoms with Gasteiger partial charge in [0.05, 0.1) is 0 Å². The Labute approximate surface area is 88.4 Å². The Morgan fingerprint density at radius 1 is 0.786 bits per heavy atom. The molecule has 0 unspecified atom stereocenters. The molecule has 0 saturated carbocycles. The van der Waals surface area contributed by atoms with Gasteiger partial charge in [-0.3, -0.25) is 0 Å². The van der Waals surface area contributed by atoms with Crippen molar-refractivity contribution in [2.24, 2.45) is 0 Å². The standard InChI is InChI=1S/C6H2Cl2N6/c7-5-12-4(13-6(8)14-5)3-10-1-9-2-11-3/h1-2H. The molecule has 0 N–H and O–H groups in total. The molecule has 0 bridgehead atoms. The lowest BCUT2D eigenvalue weighted by Gasteiger charge is -1.97. The average Bonchev–Trinajstić information content (AvgIpc) is 2.18. The van der Waals surface area contributed by atoms with Gasteiger partial charge in [-0.05, 0) is 23.2 Å². The van der Waals surface area contributed by atoms with Crippen molar-refractivity contribution >= 4 is 23.2 Å². The van der Waals surface area contributed by atoms with Crippen LogP contribution in [0.15, 0.2) is 12.7 Å². The second-order valence-electron chi connectivity index (χ2n) is 2.16. The highest BCUT2D eigenvalue weighted by molar-refractivity contribution is 6.31. The van der Waals surface area contributed by atoms with Crippen LogP contribution in [0.3, 0.4) is 0 Å². The maximum absolute atomic E-state index is 5.58. The highest BCUT2D eigenvalue weighted by Crippen LogP contribution is 2.12. The predicted octanol–water partition coefficient (Wildman–Crippen LogP) is 1.03. The van der Waals surface area contributed by atoms with Crippen LogP contribution in [0.2, 0.25) is 10.6 Å². The lowest BCUT2D eigenvalue weighted by atomic mass is 10.5. The molecule has 0 fully saturated rings. The summed E-state index contributed by atoms with van der Waals surface area (Å²) in [6.45, 7) is 0. The van der Waals surface area contributed by atoms with Crippen molar-refractivity contribution in [2.75, 3.05) is 0 Å². The van der Waals surface area contributed by atoms with Crippen LogP contribution in [-0.4, -0.2) is 29.9 Å². The van der Waals surface area contributed by atoms with Crippen LogP contribution in [0, 0.1) is 0 Å². The third-order valence-corrected chi connectivity index (χ3v) is 1.61. The molecular formula is C6H2Cl2N6. The van der Waals surface area contributed by atoms with Crippen molar-refractivity contribution in [3.8, 4) is 11.6 Å². The second-order valence-corrected chi connectivity index (χ2v) is 2.84. The summed E-state index contributed by atoms with van der Waals surface area (Å²) in [4.78, 5) is 22.6. The Morgan fingerprint density at radius 3 is 1.93 bits per heavy atom. The number of halogens is 2. The van der Waals surface area contributed by atoms with E-state index in [1.165, 1.54) is 12.7 Å². The van der Waals surface area contributed by atoms with E-state index >= 15 is 0 Å². The molecule has 8 heteroatoms. The van der Waals surface area contributed by atoms with Crippen molar-refractivity contribution in [3.05, 3.63) is 23.2 Å². The first kappa shape index (κ1) is 9.17. The number of nitrogens with zero attached hydrogens (tertiary/aromatic N) is 6. The number of hydrogen-bond acceptors (Lipinski definition) is 6. The molecule has 0 spiro atoms. The lowest BCUT2D eigenvalue weighted by Crippen LogP contribution is -1.97. The number of aromatic nitrogens is 6. The zero-order chi connectivity index (χ0) is 9.97. The van der Waals surface area contributed by atoms with Gasteiger partial charge in [0.2, 0.25) is 22.2 Å². The Hall–Kier alpha value is -1.40. The van der Waals surface area contributed by atoms with Gasteiger partial charge in [0.25, 0.3) is 0 Å². The summed E-state index contributed by atoms with van der Waals surface area (Å²) in [5.41, 5.74) is 0. The van der Waals surface area contributed by atoms with Gasteiger partial charge in [-0.15, -0.1) is 0 Å². The quantitative estimate of drug-likeness (QED) is 0.726. The Balaban J connectivity index is 2.52. The molecule has 0 aromatic carbocycles. The van der Waals surface area contributed by atoms with Crippen LogP contribution >= 0.6 is 23.2 Å². The van der Waals surface area contributed by atoms with Crippen LogP contribution < -0.4 is 0 Å². The molecule has 70 valence electrons. The first-order valence-corrected chi connectivity index (χ1v) is 4.21. The first-order chi connectivity index (χ1) is 6.75. The Kier molecular flexibility index (Phi) is 2.47. The molecule has 0 radical (unpaired) electrons. The fraction of sp³-hybridized carbons (Fsp3) is 0. The van der Waals surface area contributed by atoms with Crippen LogP contribution in [-0.2, 0) is 0 Å². The Morgan fingerprint density at radius 2 is 1.36 bits per heavy atom. The third-order valence-electron chi connectivity index (χ3n) is 1.27. The molecule has 2 rings (SSSR count). The normalized spacial score (nSPS) is 10.1. The molecule has 2 aromatic rings. The van der Waals surface area contributed by atoms with E-state index in [0.717, 1.165) is 0 Å². The topological polar surface area (TPSA) is 77.3 Å². The number of rotatable bonds is 1. The van der Waals surface area contributed by atoms with Gasteiger partial charge in [-0.25, -0.2) is 15.0 Å². The molecule has 6 nitrogen and oxygen atoms in total. The van der Waals surface area contributed by atoms with E-state index < -0.39 is 0 Å².